The Morgan fingerprint density at radius 1 is 0.612 bits per heavy atom. The lowest BCUT2D eigenvalue weighted by molar-refractivity contribution is -0.154. The first-order chi connectivity index (χ1) is 23.9. The zero-order valence-electron chi connectivity index (χ0n) is 31.9. The average molecular weight is 716 g/mol. The Morgan fingerprint density at radius 2 is 1.08 bits per heavy atom. The van der Waals surface area contributed by atoms with Crippen molar-refractivity contribution < 1.29 is 32.8 Å². The van der Waals surface area contributed by atoms with Crippen LogP contribution in [0.25, 0.3) is 0 Å². The smallest absolute Gasteiger partial charge is 0.457 e. The summed E-state index contributed by atoms with van der Waals surface area (Å²) in [6.45, 7) is 4.89. The van der Waals surface area contributed by atoms with Crippen molar-refractivity contribution in [3.8, 4) is 0 Å². The molecule has 3 N–H and O–H groups in total. The number of hydrogen-bond donors (Lipinski definition) is 2. The summed E-state index contributed by atoms with van der Waals surface area (Å²) in [7, 11) is -4.27. The highest BCUT2D eigenvalue weighted by Crippen LogP contribution is 2.43. The van der Waals surface area contributed by atoms with E-state index in [1.54, 1.807) is 0 Å². The summed E-state index contributed by atoms with van der Waals surface area (Å²) < 4.78 is 33.3. The van der Waals surface area contributed by atoms with Crippen LogP contribution < -0.4 is 5.73 Å². The Balaban J connectivity index is 4.03. The molecule has 0 saturated heterocycles. The molecule has 0 aromatic carbocycles. The molecule has 8 nitrogen and oxygen atoms in total. The summed E-state index contributed by atoms with van der Waals surface area (Å²) in [5, 5.41) is 0. The van der Waals surface area contributed by atoms with E-state index in [4.69, 9.17) is 24.3 Å². The molecule has 290 valence electrons. The Morgan fingerprint density at radius 3 is 1.63 bits per heavy atom. The largest absolute Gasteiger partial charge is 0.472 e. The Labute approximate surface area is 302 Å². The molecule has 0 spiro atoms. The number of ether oxygens (including phenoxy) is 2. The van der Waals surface area contributed by atoms with Gasteiger partial charge in [0.1, 0.15) is 6.10 Å². The number of phosphoric acid groups is 1. The van der Waals surface area contributed by atoms with Gasteiger partial charge in [0, 0.05) is 19.6 Å². The van der Waals surface area contributed by atoms with Crippen molar-refractivity contribution in [2.45, 2.75) is 193 Å². The van der Waals surface area contributed by atoms with E-state index in [2.05, 4.69) is 38.2 Å². The van der Waals surface area contributed by atoms with Gasteiger partial charge in [-0.2, -0.15) is 0 Å². The molecule has 0 bridgehead atoms. The van der Waals surface area contributed by atoms with Gasteiger partial charge in [-0.05, 0) is 44.9 Å². The van der Waals surface area contributed by atoms with Crippen LogP contribution in [-0.2, 0) is 27.9 Å². The van der Waals surface area contributed by atoms with Gasteiger partial charge in [-0.1, -0.05) is 160 Å². The third kappa shape index (κ3) is 38.1. The SMILES string of the molecule is CCCCC/C=C\C/C=C\CCCCCCCCCCOCC(COP(=O)(O)OCCN)OC(=O)CCCCCCCCCCCCCC. The molecule has 0 heterocycles. The zero-order chi connectivity index (χ0) is 35.9. The Kier molecular flexibility index (Phi) is 37.4. The van der Waals surface area contributed by atoms with Crippen LogP contribution in [-0.4, -0.2) is 49.9 Å². The first-order valence-electron chi connectivity index (χ1n) is 20.3. The van der Waals surface area contributed by atoms with Gasteiger partial charge in [0.2, 0.25) is 0 Å². The average Bonchev–Trinajstić information content (AvgIpc) is 3.09. The Bertz CT molecular complexity index is 807. The summed E-state index contributed by atoms with van der Waals surface area (Å²) in [5.41, 5.74) is 5.36. The first kappa shape index (κ1) is 48.0. The van der Waals surface area contributed by atoms with Gasteiger partial charge in [-0.25, -0.2) is 4.57 Å². The van der Waals surface area contributed by atoms with Gasteiger partial charge in [0.25, 0.3) is 0 Å². The summed E-state index contributed by atoms with van der Waals surface area (Å²) in [5.74, 6) is -0.332. The number of carbonyl (C=O) groups excluding carboxylic acids is 1. The van der Waals surface area contributed by atoms with Crippen LogP contribution in [0.2, 0.25) is 0 Å². The number of rotatable bonds is 39. The predicted molar refractivity (Wildman–Crippen MR) is 206 cm³/mol. The second-order valence-electron chi connectivity index (χ2n) is 13.5. The second kappa shape index (κ2) is 38.2. The van der Waals surface area contributed by atoms with Crippen LogP contribution >= 0.6 is 7.82 Å². The molecule has 0 aliphatic carbocycles. The standard InChI is InChI=1S/C40H78NO7P/c1-3-5-7-9-11-13-15-17-18-19-20-21-22-24-26-28-30-32-35-45-37-39(38-47-49(43,44)46-36-34-41)48-40(42)33-31-29-27-25-23-16-14-12-10-8-6-4-2/h11,13,17-18,39H,3-10,12,14-16,19-38,41H2,1-2H3,(H,43,44)/b13-11-,18-17-. The number of unbranched alkanes of at least 4 members (excludes halogenated alkanes) is 22. The number of allylic oxidation sites excluding steroid dienone is 4. The molecule has 0 aromatic heterocycles. The van der Waals surface area contributed by atoms with E-state index in [9.17, 15) is 14.3 Å². The topological polar surface area (TPSA) is 117 Å². The molecule has 2 unspecified atom stereocenters. The van der Waals surface area contributed by atoms with E-state index >= 15 is 0 Å². The van der Waals surface area contributed by atoms with E-state index in [0.29, 0.717) is 13.0 Å². The van der Waals surface area contributed by atoms with E-state index in [1.165, 1.54) is 128 Å². The summed E-state index contributed by atoms with van der Waals surface area (Å²) >= 11 is 0. The maximum atomic E-state index is 12.5. The van der Waals surface area contributed by atoms with E-state index < -0.39 is 13.9 Å². The van der Waals surface area contributed by atoms with E-state index in [-0.39, 0.29) is 32.3 Å². The fourth-order valence-electron chi connectivity index (χ4n) is 5.61. The van der Waals surface area contributed by atoms with Crippen molar-refractivity contribution in [3.63, 3.8) is 0 Å². The lowest BCUT2D eigenvalue weighted by Gasteiger charge is -2.20. The van der Waals surface area contributed by atoms with Crippen molar-refractivity contribution in [2.75, 3.05) is 33.0 Å². The van der Waals surface area contributed by atoms with Gasteiger partial charge >= 0.3 is 13.8 Å². The number of phosphoric ester groups is 1. The van der Waals surface area contributed by atoms with Gasteiger partial charge in [-0.3, -0.25) is 13.8 Å². The minimum Gasteiger partial charge on any atom is -0.457 e. The summed E-state index contributed by atoms with van der Waals surface area (Å²) in [6.07, 6.45) is 40.4. The number of hydrogen-bond acceptors (Lipinski definition) is 7. The first-order valence-corrected chi connectivity index (χ1v) is 21.8. The molecule has 0 aliphatic heterocycles. The highest BCUT2D eigenvalue weighted by molar-refractivity contribution is 7.47. The maximum Gasteiger partial charge on any atom is 0.472 e. The third-order valence-electron chi connectivity index (χ3n) is 8.62. The molecule has 49 heavy (non-hydrogen) atoms. The van der Waals surface area contributed by atoms with Gasteiger partial charge in [0.05, 0.1) is 19.8 Å². The molecule has 0 amide bonds. The lowest BCUT2D eigenvalue weighted by Crippen LogP contribution is -2.28. The van der Waals surface area contributed by atoms with Crippen LogP contribution in [0.15, 0.2) is 24.3 Å². The molecule has 2 atom stereocenters. The number of nitrogens with two attached hydrogens (primary N) is 1. The van der Waals surface area contributed by atoms with Crippen molar-refractivity contribution >= 4 is 13.8 Å². The van der Waals surface area contributed by atoms with Gasteiger partial charge < -0.3 is 20.1 Å². The van der Waals surface area contributed by atoms with Crippen LogP contribution in [0.4, 0.5) is 0 Å². The summed E-state index contributed by atoms with van der Waals surface area (Å²) in [6, 6.07) is 0. The quantitative estimate of drug-likeness (QED) is 0.0279. The molecule has 0 fully saturated rings. The molecule has 9 heteroatoms. The van der Waals surface area contributed by atoms with Crippen LogP contribution in [0.1, 0.15) is 187 Å². The molecule has 0 radical (unpaired) electrons. The normalized spacial score (nSPS) is 13.8. The van der Waals surface area contributed by atoms with Crippen molar-refractivity contribution in [2.24, 2.45) is 5.73 Å². The van der Waals surface area contributed by atoms with Gasteiger partial charge in [0.15, 0.2) is 0 Å². The maximum absolute atomic E-state index is 12.5. The van der Waals surface area contributed by atoms with E-state index in [0.717, 1.165) is 38.5 Å². The highest BCUT2D eigenvalue weighted by Gasteiger charge is 2.25. The minimum absolute atomic E-state index is 0.0948. The zero-order valence-corrected chi connectivity index (χ0v) is 32.8. The lowest BCUT2D eigenvalue weighted by atomic mass is 10.0. The molecule has 0 aromatic rings. The van der Waals surface area contributed by atoms with Crippen molar-refractivity contribution in [3.05, 3.63) is 24.3 Å². The van der Waals surface area contributed by atoms with Crippen molar-refractivity contribution in [1.29, 1.82) is 0 Å². The fraction of sp³-hybridized carbons (Fsp3) is 0.875. The summed E-state index contributed by atoms with van der Waals surface area (Å²) in [4.78, 5) is 22.4. The minimum atomic E-state index is -4.27. The van der Waals surface area contributed by atoms with Crippen LogP contribution in [0.5, 0.6) is 0 Å². The monoisotopic (exact) mass is 716 g/mol. The van der Waals surface area contributed by atoms with Crippen LogP contribution in [0, 0.1) is 0 Å². The van der Waals surface area contributed by atoms with Crippen molar-refractivity contribution in [1.82, 2.24) is 0 Å². The number of carbonyl (C=O) groups is 1. The number of esters is 1. The molecular formula is C40H78NO7P. The molecular weight excluding hydrogens is 637 g/mol. The predicted octanol–water partition coefficient (Wildman–Crippen LogP) is 11.7. The molecule has 0 aliphatic rings. The third-order valence-corrected chi connectivity index (χ3v) is 9.61. The van der Waals surface area contributed by atoms with Gasteiger partial charge in [-0.15, -0.1) is 0 Å². The molecule has 0 rings (SSSR count). The fourth-order valence-corrected chi connectivity index (χ4v) is 6.38. The van der Waals surface area contributed by atoms with Crippen LogP contribution in [0.3, 0.4) is 0 Å². The molecule has 0 saturated carbocycles. The highest BCUT2D eigenvalue weighted by atomic mass is 31.2. The van der Waals surface area contributed by atoms with E-state index in [1.807, 2.05) is 0 Å². The second-order valence-corrected chi connectivity index (χ2v) is 15.0. The Hall–Kier alpha value is -1.02.